The van der Waals surface area contributed by atoms with Crippen molar-refractivity contribution in [3.05, 3.63) is 0 Å². The van der Waals surface area contributed by atoms with Crippen molar-refractivity contribution in [2.75, 3.05) is 26.2 Å². The molecule has 0 aromatic rings. The zero-order valence-electron chi connectivity index (χ0n) is 9.63. The van der Waals surface area contributed by atoms with Crippen molar-refractivity contribution in [2.24, 2.45) is 11.8 Å². The molecular formula is C12H24N2. The Kier molecular flexibility index (Phi) is 3.45. The van der Waals surface area contributed by atoms with E-state index in [1.807, 2.05) is 0 Å². The third-order valence-electron chi connectivity index (χ3n) is 4.12. The molecule has 0 aromatic heterocycles. The predicted octanol–water partition coefficient (Wildman–Crippen LogP) is 1.72. The maximum Gasteiger partial charge on any atom is 0.0260 e. The second-order valence-corrected chi connectivity index (χ2v) is 5.11. The molecule has 0 spiro atoms. The second kappa shape index (κ2) is 4.63. The zero-order valence-corrected chi connectivity index (χ0v) is 9.63. The number of nitrogens with one attached hydrogen (secondary N) is 1. The summed E-state index contributed by atoms with van der Waals surface area (Å²) in [5.41, 5.74) is 0. The molecule has 2 heterocycles. The molecule has 0 bridgehead atoms. The average molecular weight is 196 g/mol. The Morgan fingerprint density at radius 1 is 1.21 bits per heavy atom. The van der Waals surface area contributed by atoms with Gasteiger partial charge >= 0.3 is 0 Å². The van der Waals surface area contributed by atoms with Gasteiger partial charge in [-0.15, -0.1) is 0 Å². The molecule has 2 saturated heterocycles. The van der Waals surface area contributed by atoms with E-state index in [4.69, 9.17) is 0 Å². The van der Waals surface area contributed by atoms with Crippen molar-refractivity contribution in [2.45, 2.75) is 39.2 Å². The number of piperidine rings is 1. The summed E-state index contributed by atoms with van der Waals surface area (Å²) in [5, 5.41) is 3.54. The van der Waals surface area contributed by atoms with Crippen molar-refractivity contribution >= 4 is 0 Å². The second-order valence-electron chi connectivity index (χ2n) is 5.11. The maximum atomic E-state index is 3.54. The highest BCUT2D eigenvalue weighted by Crippen LogP contribution is 2.24. The first kappa shape index (κ1) is 10.4. The van der Waals surface area contributed by atoms with E-state index in [2.05, 4.69) is 24.1 Å². The number of rotatable bonds is 2. The molecule has 0 amide bonds. The van der Waals surface area contributed by atoms with Gasteiger partial charge in [0.1, 0.15) is 0 Å². The molecule has 2 atom stereocenters. The largest absolute Gasteiger partial charge is 0.315 e. The van der Waals surface area contributed by atoms with Crippen LogP contribution in [-0.2, 0) is 0 Å². The molecule has 0 saturated carbocycles. The molecule has 82 valence electrons. The van der Waals surface area contributed by atoms with Gasteiger partial charge in [-0.3, -0.25) is 4.90 Å². The van der Waals surface area contributed by atoms with Crippen molar-refractivity contribution in [1.82, 2.24) is 10.2 Å². The van der Waals surface area contributed by atoms with Gasteiger partial charge in [0.2, 0.25) is 0 Å². The van der Waals surface area contributed by atoms with Gasteiger partial charge in [-0.25, -0.2) is 0 Å². The van der Waals surface area contributed by atoms with Crippen LogP contribution in [0.25, 0.3) is 0 Å². The fourth-order valence-corrected chi connectivity index (χ4v) is 2.92. The Morgan fingerprint density at radius 3 is 2.57 bits per heavy atom. The van der Waals surface area contributed by atoms with Crippen LogP contribution < -0.4 is 5.32 Å². The lowest BCUT2D eigenvalue weighted by Gasteiger charge is -2.37. The van der Waals surface area contributed by atoms with Gasteiger partial charge in [0.15, 0.2) is 0 Å². The van der Waals surface area contributed by atoms with Gasteiger partial charge in [-0.05, 0) is 44.3 Å². The third kappa shape index (κ3) is 2.12. The van der Waals surface area contributed by atoms with Gasteiger partial charge in [-0.2, -0.15) is 0 Å². The summed E-state index contributed by atoms with van der Waals surface area (Å²) in [6.45, 7) is 9.87. The van der Waals surface area contributed by atoms with Crippen LogP contribution in [0.5, 0.6) is 0 Å². The predicted molar refractivity (Wildman–Crippen MR) is 60.4 cm³/mol. The molecule has 2 rings (SSSR count). The molecule has 0 radical (unpaired) electrons. The summed E-state index contributed by atoms with van der Waals surface area (Å²) in [7, 11) is 0. The van der Waals surface area contributed by atoms with E-state index in [1.165, 1.54) is 45.4 Å². The van der Waals surface area contributed by atoms with E-state index in [1.54, 1.807) is 0 Å². The number of hydrogen-bond acceptors (Lipinski definition) is 2. The lowest BCUT2D eigenvalue weighted by molar-refractivity contribution is 0.120. The van der Waals surface area contributed by atoms with E-state index < -0.39 is 0 Å². The molecule has 2 aliphatic heterocycles. The smallest absolute Gasteiger partial charge is 0.0260 e. The van der Waals surface area contributed by atoms with E-state index in [0.717, 1.165) is 17.9 Å². The Labute approximate surface area is 88.1 Å². The van der Waals surface area contributed by atoms with E-state index in [0.29, 0.717) is 0 Å². The first-order valence-corrected chi connectivity index (χ1v) is 6.26. The highest BCUT2D eigenvalue weighted by Gasteiger charge is 2.32. The van der Waals surface area contributed by atoms with Gasteiger partial charge in [0.05, 0.1) is 0 Å². The van der Waals surface area contributed by atoms with Crippen LogP contribution in [0.3, 0.4) is 0 Å². The number of nitrogens with zero attached hydrogens (tertiary/aromatic N) is 1. The summed E-state index contributed by atoms with van der Waals surface area (Å²) in [6.07, 6.45) is 4.16. The minimum atomic E-state index is 0.840. The summed E-state index contributed by atoms with van der Waals surface area (Å²) < 4.78 is 0. The van der Waals surface area contributed by atoms with Crippen LogP contribution in [0.2, 0.25) is 0 Å². The van der Waals surface area contributed by atoms with Gasteiger partial charge < -0.3 is 5.32 Å². The summed E-state index contributed by atoms with van der Waals surface area (Å²) in [6, 6.07) is 0.840. The van der Waals surface area contributed by atoms with E-state index >= 15 is 0 Å². The lowest BCUT2D eigenvalue weighted by atomic mass is 9.93. The van der Waals surface area contributed by atoms with Gasteiger partial charge in [0.25, 0.3) is 0 Å². The van der Waals surface area contributed by atoms with Crippen molar-refractivity contribution < 1.29 is 0 Å². The van der Waals surface area contributed by atoms with Crippen LogP contribution in [0.1, 0.15) is 33.1 Å². The lowest BCUT2D eigenvalue weighted by Crippen LogP contribution is -2.45. The molecule has 14 heavy (non-hydrogen) atoms. The molecule has 1 N–H and O–H groups in total. The standard InChI is InChI=1S/C12H24N2/c1-3-11-8-13-9-12(11)14-6-4-10(2)5-7-14/h10-13H,3-9H2,1-2H3/t11-,12+/m0/s1. The average Bonchev–Trinajstić information content (AvgIpc) is 2.67. The first-order valence-electron chi connectivity index (χ1n) is 6.26. The summed E-state index contributed by atoms with van der Waals surface area (Å²) in [4.78, 5) is 2.73. The fourth-order valence-electron chi connectivity index (χ4n) is 2.92. The molecule has 2 fully saturated rings. The minimum Gasteiger partial charge on any atom is -0.315 e. The SMILES string of the molecule is CC[C@H]1CNC[C@H]1N1CCC(C)CC1. The van der Waals surface area contributed by atoms with Crippen LogP contribution in [0, 0.1) is 11.8 Å². The fraction of sp³-hybridized carbons (Fsp3) is 1.00. The van der Waals surface area contributed by atoms with Crippen LogP contribution in [0.4, 0.5) is 0 Å². The highest BCUT2D eigenvalue weighted by molar-refractivity contribution is 4.89. The molecule has 2 heteroatoms. The number of hydrogen-bond donors (Lipinski definition) is 1. The molecule has 0 unspecified atom stereocenters. The third-order valence-corrected chi connectivity index (χ3v) is 4.12. The molecule has 0 aliphatic carbocycles. The van der Waals surface area contributed by atoms with E-state index in [-0.39, 0.29) is 0 Å². The summed E-state index contributed by atoms with van der Waals surface area (Å²) >= 11 is 0. The van der Waals surface area contributed by atoms with Crippen LogP contribution in [-0.4, -0.2) is 37.1 Å². The van der Waals surface area contributed by atoms with Crippen molar-refractivity contribution in [1.29, 1.82) is 0 Å². The Balaban J connectivity index is 1.88. The van der Waals surface area contributed by atoms with Gasteiger partial charge in [0, 0.05) is 12.6 Å². The minimum absolute atomic E-state index is 0.840. The normalized spacial score (nSPS) is 36.4. The maximum absolute atomic E-state index is 3.54. The van der Waals surface area contributed by atoms with Crippen LogP contribution in [0.15, 0.2) is 0 Å². The van der Waals surface area contributed by atoms with Crippen molar-refractivity contribution in [3.63, 3.8) is 0 Å². The highest BCUT2D eigenvalue weighted by atomic mass is 15.2. The number of likely N-dealkylation sites (tertiary alicyclic amines) is 1. The monoisotopic (exact) mass is 196 g/mol. The van der Waals surface area contributed by atoms with Gasteiger partial charge in [-0.1, -0.05) is 20.3 Å². The Bertz CT molecular complexity index is 173. The topological polar surface area (TPSA) is 15.3 Å². The quantitative estimate of drug-likeness (QED) is 0.723. The molecule has 0 aromatic carbocycles. The zero-order chi connectivity index (χ0) is 9.97. The Hall–Kier alpha value is -0.0800. The van der Waals surface area contributed by atoms with Crippen molar-refractivity contribution in [3.8, 4) is 0 Å². The molecule has 2 aliphatic rings. The van der Waals surface area contributed by atoms with Crippen LogP contribution >= 0.6 is 0 Å². The molecular weight excluding hydrogens is 172 g/mol. The summed E-state index contributed by atoms with van der Waals surface area (Å²) in [5.74, 6) is 1.86. The Morgan fingerprint density at radius 2 is 1.93 bits per heavy atom. The molecule has 2 nitrogen and oxygen atoms in total. The van der Waals surface area contributed by atoms with E-state index in [9.17, 15) is 0 Å². The first-order chi connectivity index (χ1) is 6.81.